The number of aromatic amines is 1. The zero-order valence-corrected chi connectivity index (χ0v) is 14.4. The van der Waals surface area contributed by atoms with Crippen LogP contribution in [0.4, 0.5) is 11.5 Å². The van der Waals surface area contributed by atoms with Gasteiger partial charge in [0.05, 0.1) is 11.9 Å². The van der Waals surface area contributed by atoms with Crippen molar-refractivity contribution in [1.82, 2.24) is 4.98 Å². The van der Waals surface area contributed by atoms with Crippen LogP contribution in [0.2, 0.25) is 5.15 Å². The maximum atomic E-state index is 12.5. The molecular formula is C17H22ClN5O+2. The number of anilines is 2. The van der Waals surface area contributed by atoms with E-state index >= 15 is 0 Å². The molecule has 0 aromatic carbocycles. The average Bonchev–Trinajstić information content (AvgIpc) is 2.64. The molecule has 1 fully saturated rings. The van der Waals surface area contributed by atoms with Crippen LogP contribution in [0.1, 0.15) is 6.92 Å². The van der Waals surface area contributed by atoms with Crippen LogP contribution >= 0.6 is 11.6 Å². The number of hydrogen-bond acceptors (Lipinski definition) is 3. The number of aromatic nitrogens is 2. The molecule has 7 heteroatoms. The van der Waals surface area contributed by atoms with E-state index in [1.165, 1.54) is 4.90 Å². The summed E-state index contributed by atoms with van der Waals surface area (Å²) in [5.74, 6) is 1.09. The smallest absolute Gasteiger partial charge is 0.282 e. The number of piperazine rings is 1. The first-order chi connectivity index (χ1) is 11.6. The third kappa shape index (κ3) is 3.83. The number of carbonyl (C=O) groups excluding carboxylic acids is 1. The Bertz CT molecular complexity index is 688. The van der Waals surface area contributed by atoms with Gasteiger partial charge >= 0.3 is 0 Å². The molecular weight excluding hydrogens is 326 g/mol. The molecule has 6 nitrogen and oxygen atoms in total. The Morgan fingerprint density at radius 3 is 2.79 bits per heavy atom. The molecule has 2 aromatic rings. The molecule has 3 rings (SSSR count). The first-order valence-corrected chi connectivity index (χ1v) is 8.50. The molecule has 0 radical (unpaired) electrons. The Kier molecular flexibility index (Phi) is 5.27. The van der Waals surface area contributed by atoms with E-state index in [0.717, 1.165) is 32.0 Å². The highest BCUT2D eigenvalue weighted by atomic mass is 35.5. The topological polar surface area (TPSA) is 63.8 Å². The lowest BCUT2D eigenvalue weighted by Gasteiger charge is -2.31. The zero-order valence-electron chi connectivity index (χ0n) is 13.6. The molecule has 1 aliphatic heterocycles. The van der Waals surface area contributed by atoms with Gasteiger partial charge in [-0.25, -0.2) is 9.97 Å². The maximum absolute atomic E-state index is 12.5. The molecule has 24 heavy (non-hydrogen) atoms. The molecule has 0 saturated carbocycles. The van der Waals surface area contributed by atoms with Crippen molar-refractivity contribution >= 4 is 29.0 Å². The van der Waals surface area contributed by atoms with Gasteiger partial charge in [0.25, 0.3) is 11.7 Å². The number of amides is 1. The van der Waals surface area contributed by atoms with Gasteiger partial charge in [0.15, 0.2) is 11.2 Å². The average molecular weight is 348 g/mol. The van der Waals surface area contributed by atoms with Crippen molar-refractivity contribution in [2.75, 3.05) is 36.4 Å². The minimum absolute atomic E-state index is 0.0281. The van der Waals surface area contributed by atoms with Gasteiger partial charge in [-0.05, 0) is 25.1 Å². The first kappa shape index (κ1) is 16.7. The van der Waals surface area contributed by atoms with Crippen LogP contribution in [0.3, 0.4) is 0 Å². The number of halogens is 1. The Hall–Kier alpha value is -2.18. The molecule has 3 heterocycles. The van der Waals surface area contributed by atoms with Gasteiger partial charge in [-0.3, -0.25) is 9.69 Å². The standard InChI is InChI=1S/C17H20ClN5O/c1-13(17(24)21-14-5-4-8-20-16(14)18)22-9-11-23(12-10-22)15-6-2-3-7-19-15/h2-8,13H,9-12H2,1H3,(H,21,24)/p+2/t13-/m1/s1. The second-order valence-corrected chi connectivity index (χ2v) is 6.30. The Labute approximate surface area is 146 Å². The maximum Gasteiger partial charge on any atom is 0.282 e. The fourth-order valence-electron chi connectivity index (χ4n) is 2.95. The number of nitrogens with one attached hydrogen (secondary N) is 3. The van der Waals surface area contributed by atoms with Gasteiger partial charge in [0.1, 0.15) is 26.2 Å². The van der Waals surface area contributed by atoms with Gasteiger partial charge < -0.3 is 10.2 Å². The Balaban J connectivity index is 1.56. The third-order valence-corrected chi connectivity index (χ3v) is 4.76. The van der Waals surface area contributed by atoms with Crippen molar-refractivity contribution in [3.63, 3.8) is 0 Å². The molecule has 1 saturated heterocycles. The summed E-state index contributed by atoms with van der Waals surface area (Å²) in [6, 6.07) is 9.46. The van der Waals surface area contributed by atoms with Gasteiger partial charge in [0.2, 0.25) is 0 Å². The summed E-state index contributed by atoms with van der Waals surface area (Å²) in [6.07, 6.45) is 3.54. The molecule has 1 amide bonds. The molecule has 1 aliphatic rings. The highest BCUT2D eigenvalue weighted by Crippen LogP contribution is 2.17. The second-order valence-electron chi connectivity index (χ2n) is 5.95. The molecule has 1 atom stereocenters. The van der Waals surface area contributed by atoms with E-state index in [0.29, 0.717) is 10.8 Å². The fourth-order valence-corrected chi connectivity index (χ4v) is 3.12. The lowest BCUT2D eigenvalue weighted by molar-refractivity contribution is -0.914. The molecule has 0 bridgehead atoms. The van der Waals surface area contributed by atoms with Crippen LogP contribution in [0.15, 0.2) is 42.7 Å². The van der Waals surface area contributed by atoms with Crippen LogP contribution in [-0.4, -0.2) is 43.1 Å². The van der Waals surface area contributed by atoms with Gasteiger partial charge in [-0.2, -0.15) is 0 Å². The monoisotopic (exact) mass is 347 g/mol. The molecule has 0 spiro atoms. The number of nitrogens with zero attached hydrogens (tertiary/aromatic N) is 2. The van der Waals surface area contributed by atoms with E-state index in [1.54, 1.807) is 18.3 Å². The third-order valence-electron chi connectivity index (χ3n) is 4.46. The number of hydrogen-bond donors (Lipinski definition) is 2. The highest BCUT2D eigenvalue weighted by molar-refractivity contribution is 6.32. The molecule has 0 aliphatic carbocycles. The molecule has 0 unspecified atom stereocenters. The summed E-state index contributed by atoms with van der Waals surface area (Å²) in [5, 5.41) is 3.19. The van der Waals surface area contributed by atoms with Crippen molar-refractivity contribution in [1.29, 1.82) is 0 Å². The van der Waals surface area contributed by atoms with E-state index in [9.17, 15) is 4.79 Å². The lowest BCUT2D eigenvalue weighted by atomic mass is 10.2. The zero-order chi connectivity index (χ0) is 16.9. The van der Waals surface area contributed by atoms with Crippen molar-refractivity contribution < 1.29 is 14.7 Å². The Morgan fingerprint density at radius 2 is 2.12 bits per heavy atom. The van der Waals surface area contributed by atoms with E-state index in [1.807, 2.05) is 25.3 Å². The lowest BCUT2D eigenvalue weighted by Crippen LogP contribution is -3.19. The number of H-pyrrole nitrogens is 1. The number of quaternary nitrogens is 1. The van der Waals surface area contributed by atoms with Crippen molar-refractivity contribution in [2.24, 2.45) is 0 Å². The van der Waals surface area contributed by atoms with Crippen LogP contribution in [0.25, 0.3) is 0 Å². The second kappa shape index (κ2) is 7.59. The number of carbonyl (C=O) groups is 1. The van der Waals surface area contributed by atoms with Crippen molar-refractivity contribution in [2.45, 2.75) is 13.0 Å². The van der Waals surface area contributed by atoms with Crippen LogP contribution in [-0.2, 0) is 4.79 Å². The minimum Gasteiger partial charge on any atom is -0.318 e. The van der Waals surface area contributed by atoms with Gasteiger partial charge in [-0.15, -0.1) is 0 Å². The van der Waals surface area contributed by atoms with Crippen molar-refractivity contribution in [3.05, 3.63) is 47.9 Å². The number of rotatable bonds is 4. The summed E-state index contributed by atoms with van der Waals surface area (Å²) in [6.45, 7) is 5.62. The van der Waals surface area contributed by atoms with Gasteiger partial charge in [0, 0.05) is 12.3 Å². The highest BCUT2D eigenvalue weighted by Gasteiger charge is 2.32. The number of pyridine rings is 2. The van der Waals surface area contributed by atoms with Crippen LogP contribution < -0.4 is 20.1 Å². The van der Waals surface area contributed by atoms with Crippen LogP contribution in [0, 0.1) is 0 Å². The van der Waals surface area contributed by atoms with Crippen LogP contribution in [0.5, 0.6) is 0 Å². The normalized spacial score (nSPS) is 16.7. The Morgan fingerprint density at radius 1 is 1.33 bits per heavy atom. The van der Waals surface area contributed by atoms with E-state index in [-0.39, 0.29) is 11.9 Å². The molecule has 3 N–H and O–H groups in total. The van der Waals surface area contributed by atoms with Gasteiger partial charge in [-0.1, -0.05) is 17.7 Å². The quantitative estimate of drug-likeness (QED) is 0.781. The largest absolute Gasteiger partial charge is 0.318 e. The fraction of sp³-hybridized carbons (Fsp3) is 0.353. The SMILES string of the molecule is C[C@H](C(=O)Nc1cccnc1Cl)[NH+]1CCN(c2cccc[nH+]2)CC1. The molecule has 126 valence electrons. The summed E-state index contributed by atoms with van der Waals surface area (Å²) in [4.78, 5) is 23.3. The minimum atomic E-state index is -0.136. The summed E-state index contributed by atoms with van der Waals surface area (Å²) < 4.78 is 0. The summed E-state index contributed by atoms with van der Waals surface area (Å²) >= 11 is 6.00. The van der Waals surface area contributed by atoms with E-state index in [4.69, 9.17) is 11.6 Å². The van der Waals surface area contributed by atoms with E-state index in [2.05, 4.69) is 26.3 Å². The summed E-state index contributed by atoms with van der Waals surface area (Å²) in [5.41, 5.74) is 0.563. The predicted molar refractivity (Wildman–Crippen MR) is 93.2 cm³/mol. The summed E-state index contributed by atoms with van der Waals surface area (Å²) in [7, 11) is 0. The molecule has 2 aromatic heterocycles. The van der Waals surface area contributed by atoms with E-state index < -0.39 is 0 Å². The predicted octanol–water partition coefficient (Wildman–Crippen LogP) is 0.281. The first-order valence-electron chi connectivity index (χ1n) is 8.13. The van der Waals surface area contributed by atoms with Crippen molar-refractivity contribution in [3.8, 4) is 0 Å².